The molecule has 0 aliphatic rings. The minimum absolute atomic E-state index is 0.0914. The van der Waals surface area contributed by atoms with E-state index in [1.54, 1.807) is 6.92 Å². The van der Waals surface area contributed by atoms with Crippen LogP contribution in [0.2, 0.25) is 0 Å². The molecule has 0 spiro atoms. The van der Waals surface area contributed by atoms with Gasteiger partial charge in [-0.3, -0.25) is 4.98 Å². The fourth-order valence-corrected chi connectivity index (χ4v) is 1.43. The topological polar surface area (TPSA) is 52.1 Å². The fourth-order valence-electron chi connectivity index (χ4n) is 1.43. The Morgan fingerprint density at radius 3 is 2.88 bits per heavy atom. The molecular formula is C11H9FN2O2. The van der Waals surface area contributed by atoms with E-state index in [1.807, 2.05) is 0 Å². The van der Waals surface area contributed by atoms with Crippen molar-refractivity contribution in [3.8, 4) is 0 Å². The highest BCUT2D eigenvalue weighted by Crippen LogP contribution is 2.18. The van der Waals surface area contributed by atoms with Crippen LogP contribution in [0.15, 0.2) is 18.3 Å². The molecule has 0 N–H and O–H groups in total. The lowest BCUT2D eigenvalue weighted by Crippen LogP contribution is -2.05. The maximum Gasteiger partial charge on any atom is 0.340 e. The van der Waals surface area contributed by atoms with Gasteiger partial charge in [-0.1, -0.05) is 0 Å². The zero-order chi connectivity index (χ0) is 11.7. The van der Waals surface area contributed by atoms with Gasteiger partial charge in [0.15, 0.2) is 0 Å². The zero-order valence-corrected chi connectivity index (χ0v) is 8.82. The van der Waals surface area contributed by atoms with Crippen LogP contribution in [-0.2, 0) is 4.74 Å². The average molecular weight is 220 g/mol. The molecule has 0 radical (unpaired) electrons. The standard InChI is InChI=1S/C11H9FN2O2/c1-6-5-13-9-4-7(12)3-8(10(9)14-6)11(15)16-2/h3-5H,1-2H3. The summed E-state index contributed by atoms with van der Waals surface area (Å²) in [5.74, 6) is -1.16. The summed E-state index contributed by atoms with van der Waals surface area (Å²) in [6, 6.07) is 2.33. The minimum Gasteiger partial charge on any atom is -0.465 e. The monoisotopic (exact) mass is 220 g/mol. The second-order valence-electron chi connectivity index (χ2n) is 3.32. The third kappa shape index (κ3) is 1.71. The van der Waals surface area contributed by atoms with Crippen LogP contribution in [-0.4, -0.2) is 23.0 Å². The van der Waals surface area contributed by atoms with E-state index in [9.17, 15) is 9.18 Å². The number of aromatic nitrogens is 2. The van der Waals surface area contributed by atoms with E-state index in [0.29, 0.717) is 16.7 Å². The Balaban J connectivity index is 2.79. The molecule has 0 fully saturated rings. The molecule has 0 amide bonds. The number of aryl methyl sites for hydroxylation is 1. The predicted octanol–water partition coefficient (Wildman–Crippen LogP) is 1.86. The molecule has 0 atom stereocenters. The van der Waals surface area contributed by atoms with Crippen molar-refractivity contribution in [2.45, 2.75) is 6.92 Å². The average Bonchev–Trinajstić information content (AvgIpc) is 2.27. The van der Waals surface area contributed by atoms with Crippen LogP contribution < -0.4 is 0 Å². The summed E-state index contributed by atoms with van der Waals surface area (Å²) in [7, 11) is 1.24. The predicted molar refractivity (Wildman–Crippen MR) is 55.6 cm³/mol. The van der Waals surface area contributed by atoms with Gasteiger partial charge >= 0.3 is 5.97 Å². The second-order valence-corrected chi connectivity index (χ2v) is 3.32. The lowest BCUT2D eigenvalue weighted by molar-refractivity contribution is 0.0602. The molecule has 0 aliphatic heterocycles. The summed E-state index contributed by atoms with van der Waals surface area (Å²) >= 11 is 0. The molecule has 1 heterocycles. The van der Waals surface area contributed by atoms with Gasteiger partial charge in [-0.05, 0) is 13.0 Å². The summed E-state index contributed by atoms with van der Waals surface area (Å²) in [6.07, 6.45) is 1.52. The Bertz CT molecular complexity index is 569. The Labute approximate surface area is 91.1 Å². The number of fused-ring (bicyclic) bond motifs is 1. The van der Waals surface area contributed by atoms with E-state index in [4.69, 9.17) is 0 Å². The van der Waals surface area contributed by atoms with Crippen molar-refractivity contribution in [2.75, 3.05) is 7.11 Å². The lowest BCUT2D eigenvalue weighted by atomic mass is 10.1. The van der Waals surface area contributed by atoms with Crippen LogP contribution in [0.25, 0.3) is 11.0 Å². The van der Waals surface area contributed by atoms with Crippen molar-refractivity contribution in [3.05, 3.63) is 35.4 Å². The highest BCUT2D eigenvalue weighted by molar-refractivity contribution is 6.01. The number of nitrogens with zero attached hydrogens (tertiary/aromatic N) is 2. The van der Waals surface area contributed by atoms with Gasteiger partial charge in [-0.15, -0.1) is 0 Å². The molecular weight excluding hydrogens is 211 g/mol. The van der Waals surface area contributed by atoms with Crippen LogP contribution in [0.5, 0.6) is 0 Å². The molecule has 1 aromatic heterocycles. The molecule has 0 unspecified atom stereocenters. The molecule has 16 heavy (non-hydrogen) atoms. The van der Waals surface area contributed by atoms with E-state index < -0.39 is 11.8 Å². The summed E-state index contributed by atoms with van der Waals surface area (Å²) in [4.78, 5) is 19.6. The Morgan fingerprint density at radius 1 is 1.44 bits per heavy atom. The van der Waals surface area contributed by atoms with Crippen molar-refractivity contribution < 1.29 is 13.9 Å². The number of benzene rings is 1. The minimum atomic E-state index is -0.621. The van der Waals surface area contributed by atoms with Gasteiger partial charge in [0.2, 0.25) is 0 Å². The van der Waals surface area contributed by atoms with Crippen LogP contribution in [0.4, 0.5) is 4.39 Å². The molecule has 1 aromatic carbocycles. The largest absolute Gasteiger partial charge is 0.465 e. The molecule has 2 rings (SSSR count). The maximum atomic E-state index is 13.2. The molecule has 4 nitrogen and oxygen atoms in total. The number of carbonyl (C=O) groups is 1. The van der Waals surface area contributed by atoms with Crippen molar-refractivity contribution in [3.63, 3.8) is 0 Å². The Kier molecular flexibility index (Phi) is 2.52. The van der Waals surface area contributed by atoms with Crippen LogP contribution in [0.1, 0.15) is 16.1 Å². The van der Waals surface area contributed by atoms with Gasteiger partial charge in [0.25, 0.3) is 0 Å². The fraction of sp³-hybridized carbons (Fsp3) is 0.182. The number of hydrogen-bond acceptors (Lipinski definition) is 4. The third-order valence-corrected chi connectivity index (χ3v) is 2.14. The lowest BCUT2D eigenvalue weighted by Gasteiger charge is -2.04. The summed E-state index contributed by atoms with van der Waals surface area (Å²) in [6.45, 7) is 1.75. The van der Waals surface area contributed by atoms with E-state index in [0.717, 1.165) is 6.07 Å². The first-order chi connectivity index (χ1) is 7.61. The summed E-state index contributed by atoms with van der Waals surface area (Å²) in [5.41, 5.74) is 1.44. The molecule has 2 aromatic rings. The van der Waals surface area contributed by atoms with Crippen molar-refractivity contribution >= 4 is 17.0 Å². The van der Waals surface area contributed by atoms with Crippen molar-refractivity contribution in [1.82, 2.24) is 9.97 Å². The molecule has 0 bridgehead atoms. The number of ether oxygens (including phenoxy) is 1. The Morgan fingerprint density at radius 2 is 2.19 bits per heavy atom. The second kappa shape index (κ2) is 3.84. The SMILES string of the molecule is COC(=O)c1cc(F)cc2ncc(C)nc12. The van der Waals surface area contributed by atoms with Crippen molar-refractivity contribution in [2.24, 2.45) is 0 Å². The van der Waals surface area contributed by atoms with Gasteiger partial charge < -0.3 is 4.74 Å². The van der Waals surface area contributed by atoms with E-state index in [2.05, 4.69) is 14.7 Å². The maximum absolute atomic E-state index is 13.2. The first-order valence-electron chi connectivity index (χ1n) is 4.63. The number of halogens is 1. The molecule has 0 saturated carbocycles. The first-order valence-corrected chi connectivity index (χ1v) is 4.63. The Hall–Kier alpha value is -2.04. The van der Waals surface area contributed by atoms with Gasteiger partial charge in [0.05, 0.1) is 23.9 Å². The van der Waals surface area contributed by atoms with Crippen LogP contribution in [0, 0.1) is 12.7 Å². The van der Waals surface area contributed by atoms with Gasteiger partial charge in [-0.2, -0.15) is 0 Å². The molecule has 82 valence electrons. The number of rotatable bonds is 1. The van der Waals surface area contributed by atoms with Gasteiger partial charge in [0.1, 0.15) is 11.3 Å². The molecule has 0 aliphatic carbocycles. The molecule has 5 heteroatoms. The third-order valence-electron chi connectivity index (χ3n) is 2.14. The first kappa shape index (κ1) is 10.5. The highest BCUT2D eigenvalue weighted by atomic mass is 19.1. The van der Waals surface area contributed by atoms with Gasteiger partial charge in [-0.25, -0.2) is 14.2 Å². The van der Waals surface area contributed by atoms with Crippen LogP contribution >= 0.6 is 0 Å². The number of carbonyl (C=O) groups excluding carboxylic acids is 1. The number of hydrogen-bond donors (Lipinski definition) is 0. The smallest absolute Gasteiger partial charge is 0.340 e. The zero-order valence-electron chi connectivity index (χ0n) is 8.82. The van der Waals surface area contributed by atoms with Crippen LogP contribution in [0.3, 0.4) is 0 Å². The highest BCUT2D eigenvalue weighted by Gasteiger charge is 2.14. The number of methoxy groups -OCH3 is 1. The summed E-state index contributed by atoms with van der Waals surface area (Å²) in [5, 5.41) is 0. The van der Waals surface area contributed by atoms with E-state index in [-0.39, 0.29) is 5.56 Å². The van der Waals surface area contributed by atoms with E-state index >= 15 is 0 Å². The normalized spacial score (nSPS) is 10.4. The van der Waals surface area contributed by atoms with E-state index in [1.165, 1.54) is 19.4 Å². The molecule has 0 saturated heterocycles. The number of esters is 1. The summed E-state index contributed by atoms with van der Waals surface area (Å²) < 4.78 is 17.8. The van der Waals surface area contributed by atoms with Crippen molar-refractivity contribution in [1.29, 1.82) is 0 Å². The van der Waals surface area contributed by atoms with Gasteiger partial charge in [0, 0.05) is 12.3 Å². The quantitative estimate of drug-likeness (QED) is 0.688.